The first-order chi connectivity index (χ1) is 19.4. The van der Waals surface area contributed by atoms with Crippen molar-refractivity contribution >= 4 is 50.6 Å². The van der Waals surface area contributed by atoms with E-state index in [-0.39, 0.29) is 17.0 Å². The number of halogens is 3. The highest BCUT2D eigenvalue weighted by molar-refractivity contribution is 9.10. The lowest BCUT2D eigenvalue weighted by molar-refractivity contribution is -0.118. The number of anilines is 1. The summed E-state index contributed by atoms with van der Waals surface area (Å²) in [5.74, 6) is 0.456. The Kier molecular flexibility index (Phi) is 8.00. The molecular formula is C33H30BrCl2N3O2. The molecule has 1 aliphatic heterocycles. The van der Waals surface area contributed by atoms with Gasteiger partial charge in [0.15, 0.2) is 5.78 Å². The highest BCUT2D eigenvalue weighted by Gasteiger charge is 2.45. The smallest absolute Gasteiger partial charge is 0.162 e. The van der Waals surface area contributed by atoms with Crippen LogP contribution in [0.3, 0.4) is 0 Å². The fourth-order valence-electron chi connectivity index (χ4n) is 5.81. The van der Waals surface area contributed by atoms with Gasteiger partial charge in [-0.2, -0.15) is 5.26 Å². The summed E-state index contributed by atoms with van der Waals surface area (Å²) in [7, 11) is 0. The van der Waals surface area contributed by atoms with E-state index in [1.165, 1.54) is 0 Å². The van der Waals surface area contributed by atoms with Crippen LogP contribution in [0.15, 0.2) is 81.7 Å². The topological polar surface area (TPSA) is 79.4 Å². The van der Waals surface area contributed by atoms with Crippen LogP contribution in [0, 0.1) is 30.6 Å². The Bertz CT molecular complexity index is 1670. The van der Waals surface area contributed by atoms with Gasteiger partial charge < -0.3 is 10.5 Å². The number of aryl methyl sites for hydroxylation is 2. The number of carbonyl (C=O) groups is 1. The van der Waals surface area contributed by atoms with Gasteiger partial charge in [0.2, 0.25) is 0 Å². The number of nitrogens with zero attached hydrogens (tertiary/aromatic N) is 2. The van der Waals surface area contributed by atoms with Crippen molar-refractivity contribution in [2.24, 2.45) is 11.1 Å². The number of Topliss-reactive ketones (excluding diaryl/α,β-unsaturated/α-hetero) is 1. The molecule has 0 spiro atoms. The summed E-state index contributed by atoms with van der Waals surface area (Å²) in [6.07, 6.45) is 0.981. The van der Waals surface area contributed by atoms with E-state index in [1.807, 2.05) is 49.1 Å². The number of hydrogen-bond donors (Lipinski definition) is 1. The van der Waals surface area contributed by atoms with Crippen molar-refractivity contribution in [3.05, 3.63) is 114 Å². The molecule has 0 amide bonds. The molecule has 0 radical (unpaired) electrons. The Morgan fingerprint density at radius 2 is 1.76 bits per heavy atom. The van der Waals surface area contributed by atoms with Gasteiger partial charge in [-0.15, -0.1) is 0 Å². The van der Waals surface area contributed by atoms with Gasteiger partial charge in [0, 0.05) is 27.9 Å². The molecule has 1 heterocycles. The fourth-order valence-corrected chi connectivity index (χ4v) is 6.37. The number of nitrogens with two attached hydrogens (primary N) is 1. The summed E-state index contributed by atoms with van der Waals surface area (Å²) in [6.45, 7) is 8.54. The molecule has 210 valence electrons. The van der Waals surface area contributed by atoms with Gasteiger partial charge in [0.1, 0.15) is 18.2 Å². The van der Waals surface area contributed by atoms with Crippen molar-refractivity contribution in [2.75, 3.05) is 4.90 Å². The maximum atomic E-state index is 14.0. The summed E-state index contributed by atoms with van der Waals surface area (Å²) in [6, 6.07) is 19.4. The third-order valence-electron chi connectivity index (χ3n) is 7.79. The van der Waals surface area contributed by atoms with E-state index in [2.05, 4.69) is 48.0 Å². The van der Waals surface area contributed by atoms with Gasteiger partial charge in [0.25, 0.3) is 0 Å². The van der Waals surface area contributed by atoms with Crippen LogP contribution in [-0.2, 0) is 11.4 Å². The monoisotopic (exact) mass is 649 g/mol. The molecule has 5 rings (SSSR count). The maximum Gasteiger partial charge on any atom is 0.162 e. The average molecular weight is 651 g/mol. The summed E-state index contributed by atoms with van der Waals surface area (Å²) < 4.78 is 7.08. The van der Waals surface area contributed by atoms with Crippen LogP contribution in [0.5, 0.6) is 5.75 Å². The molecule has 1 unspecified atom stereocenters. The first-order valence-electron chi connectivity index (χ1n) is 13.3. The lowest BCUT2D eigenvalue weighted by Gasteiger charge is -2.44. The molecule has 2 aliphatic rings. The van der Waals surface area contributed by atoms with Crippen LogP contribution < -0.4 is 15.4 Å². The van der Waals surface area contributed by atoms with E-state index in [1.54, 1.807) is 12.1 Å². The minimum atomic E-state index is -0.593. The van der Waals surface area contributed by atoms with E-state index in [9.17, 15) is 10.1 Å². The average Bonchev–Trinajstić information content (AvgIpc) is 2.90. The molecule has 0 aromatic heterocycles. The third-order valence-corrected chi connectivity index (χ3v) is 9.05. The molecule has 0 bridgehead atoms. The zero-order valence-corrected chi connectivity index (χ0v) is 26.4. The van der Waals surface area contributed by atoms with Gasteiger partial charge in [-0.1, -0.05) is 65.1 Å². The largest absolute Gasteiger partial charge is 0.489 e. The summed E-state index contributed by atoms with van der Waals surface area (Å²) in [4.78, 5) is 15.8. The van der Waals surface area contributed by atoms with Crippen LogP contribution in [0.4, 0.5) is 5.69 Å². The number of ketones is 1. The van der Waals surface area contributed by atoms with Gasteiger partial charge >= 0.3 is 0 Å². The SMILES string of the molecule is Cc1cc(C)c(C2C(C#N)=C(N)N(c3ccc(Cl)c(Cl)c3)C3=C2C(=O)CC(C)(C)C3)cc1COc1ccc(Br)cc1. The molecule has 3 aromatic carbocycles. The van der Waals surface area contributed by atoms with Crippen molar-refractivity contribution in [1.29, 1.82) is 5.26 Å². The molecule has 0 saturated carbocycles. The summed E-state index contributed by atoms with van der Waals surface area (Å²) in [5.41, 5.74) is 12.8. The molecule has 3 aromatic rings. The first-order valence-corrected chi connectivity index (χ1v) is 14.8. The van der Waals surface area contributed by atoms with Gasteiger partial charge in [-0.25, -0.2) is 0 Å². The van der Waals surface area contributed by atoms with Crippen LogP contribution in [0.1, 0.15) is 54.9 Å². The van der Waals surface area contributed by atoms with E-state index in [0.717, 1.165) is 38.2 Å². The van der Waals surface area contributed by atoms with Gasteiger partial charge in [-0.3, -0.25) is 9.69 Å². The first kappa shape index (κ1) is 29.3. The Labute approximate surface area is 259 Å². The van der Waals surface area contributed by atoms with E-state index in [4.69, 9.17) is 33.7 Å². The minimum Gasteiger partial charge on any atom is -0.489 e. The standard InChI is InChI=1S/C33H30BrCl2N3O2/c1-18-11-19(2)24(12-20(18)17-41-23-8-5-21(34)6-9-23)30-25(16-37)32(38)39(22-7-10-26(35)27(36)13-22)28-14-33(3,4)15-29(40)31(28)30/h5-13,30H,14-15,17,38H2,1-4H3. The lowest BCUT2D eigenvalue weighted by Crippen LogP contribution is -2.42. The predicted octanol–water partition coefficient (Wildman–Crippen LogP) is 8.89. The molecular weight excluding hydrogens is 621 g/mol. The van der Waals surface area contributed by atoms with Crippen LogP contribution in [0.2, 0.25) is 10.0 Å². The molecule has 1 atom stereocenters. The normalized spacial score (nSPS) is 18.3. The Balaban J connectivity index is 1.66. The second-order valence-corrected chi connectivity index (χ2v) is 13.2. The lowest BCUT2D eigenvalue weighted by atomic mass is 9.68. The van der Waals surface area contributed by atoms with Crippen molar-refractivity contribution in [2.45, 2.75) is 53.1 Å². The molecule has 5 nitrogen and oxygen atoms in total. The molecule has 0 saturated heterocycles. The molecule has 0 fully saturated rings. The maximum absolute atomic E-state index is 14.0. The van der Waals surface area contributed by atoms with E-state index in [0.29, 0.717) is 46.3 Å². The Hall–Kier alpha value is -3.24. The number of benzene rings is 3. The zero-order chi connectivity index (χ0) is 29.6. The van der Waals surface area contributed by atoms with Crippen molar-refractivity contribution in [1.82, 2.24) is 0 Å². The van der Waals surface area contributed by atoms with Crippen molar-refractivity contribution in [3.8, 4) is 11.8 Å². The number of carbonyl (C=O) groups excluding carboxylic acids is 1. The molecule has 41 heavy (non-hydrogen) atoms. The van der Waals surface area contributed by atoms with E-state index < -0.39 is 5.92 Å². The number of hydrogen-bond acceptors (Lipinski definition) is 5. The quantitative estimate of drug-likeness (QED) is 0.298. The third kappa shape index (κ3) is 5.64. The Morgan fingerprint density at radius 1 is 1.05 bits per heavy atom. The molecule has 2 N–H and O–H groups in total. The second-order valence-electron chi connectivity index (χ2n) is 11.5. The number of allylic oxidation sites excluding steroid dienone is 3. The minimum absolute atomic E-state index is 0.0131. The van der Waals surface area contributed by atoms with Crippen LogP contribution >= 0.6 is 39.1 Å². The van der Waals surface area contributed by atoms with Gasteiger partial charge in [0.05, 0.1) is 27.6 Å². The number of ether oxygens (including phenoxy) is 1. The molecule has 8 heteroatoms. The van der Waals surface area contributed by atoms with E-state index >= 15 is 0 Å². The Morgan fingerprint density at radius 3 is 2.41 bits per heavy atom. The molecule has 1 aliphatic carbocycles. The highest BCUT2D eigenvalue weighted by atomic mass is 79.9. The van der Waals surface area contributed by atoms with Crippen molar-refractivity contribution in [3.63, 3.8) is 0 Å². The van der Waals surface area contributed by atoms with Crippen molar-refractivity contribution < 1.29 is 9.53 Å². The number of nitriles is 1. The summed E-state index contributed by atoms with van der Waals surface area (Å²) >= 11 is 16.1. The summed E-state index contributed by atoms with van der Waals surface area (Å²) in [5, 5.41) is 11.3. The fraction of sp³-hybridized carbons (Fsp3) is 0.273. The van der Waals surface area contributed by atoms with Gasteiger partial charge in [-0.05, 0) is 90.4 Å². The predicted molar refractivity (Wildman–Crippen MR) is 168 cm³/mol. The number of rotatable bonds is 5. The van der Waals surface area contributed by atoms with Crippen LogP contribution in [-0.4, -0.2) is 5.78 Å². The highest BCUT2D eigenvalue weighted by Crippen LogP contribution is 2.51. The van der Waals surface area contributed by atoms with Crippen LogP contribution in [0.25, 0.3) is 0 Å². The second kappa shape index (κ2) is 11.2. The zero-order valence-electron chi connectivity index (χ0n) is 23.3.